The van der Waals surface area contributed by atoms with Gasteiger partial charge in [0.25, 0.3) is 0 Å². The molecule has 0 aliphatic heterocycles. The van der Waals surface area contributed by atoms with Crippen molar-refractivity contribution < 1.29 is 4.79 Å². The maximum absolute atomic E-state index is 11.6. The zero-order chi connectivity index (χ0) is 18.2. The predicted molar refractivity (Wildman–Crippen MR) is 104 cm³/mol. The summed E-state index contributed by atoms with van der Waals surface area (Å²) in [5, 5.41) is 6.82. The van der Waals surface area contributed by atoms with E-state index in [4.69, 9.17) is 5.73 Å². The van der Waals surface area contributed by atoms with Gasteiger partial charge in [-0.05, 0) is 46.0 Å². The van der Waals surface area contributed by atoms with Crippen molar-refractivity contribution in [3.8, 4) is 0 Å². The molecule has 0 radical (unpaired) electrons. The molecule has 0 spiro atoms. The fraction of sp³-hybridized carbons (Fsp3) is 0.579. The molecule has 6 heteroatoms. The van der Waals surface area contributed by atoms with Crippen molar-refractivity contribution in [2.75, 3.05) is 32.5 Å². The maximum Gasteiger partial charge on any atom is 0.196 e. The van der Waals surface area contributed by atoms with Crippen LogP contribution in [0.1, 0.15) is 43.0 Å². The average Bonchev–Trinajstić information content (AvgIpc) is 2.56. The Morgan fingerprint density at radius 2 is 2.08 bits per heavy atom. The van der Waals surface area contributed by atoms with E-state index in [1.165, 1.54) is 12.8 Å². The van der Waals surface area contributed by atoms with Gasteiger partial charge in [-0.3, -0.25) is 9.79 Å². The van der Waals surface area contributed by atoms with Crippen LogP contribution in [0.5, 0.6) is 0 Å². The second-order valence-electron chi connectivity index (χ2n) is 6.99. The Kier molecular flexibility index (Phi) is 7.40. The minimum absolute atomic E-state index is 0.0528. The number of anilines is 1. The molecule has 0 saturated heterocycles. The van der Waals surface area contributed by atoms with Crippen LogP contribution in [-0.2, 0) is 0 Å². The lowest BCUT2D eigenvalue weighted by atomic mass is 9.91. The summed E-state index contributed by atoms with van der Waals surface area (Å²) in [7, 11) is 4.06. The Labute approximate surface area is 150 Å². The minimum Gasteiger partial charge on any atom is -0.352 e. The lowest BCUT2D eigenvalue weighted by Gasteiger charge is -2.30. The van der Waals surface area contributed by atoms with Crippen LogP contribution in [0.4, 0.5) is 5.69 Å². The van der Waals surface area contributed by atoms with Crippen molar-refractivity contribution in [3.05, 3.63) is 29.8 Å². The van der Waals surface area contributed by atoms with Gasteiger partial charge >= 0.3 is 0 Å². The smallest absolute Gasteiger partial charge is 0.196 e. The highest BCUT2D eigenvalue weighted by atomic mass is 16.1. The van der Waals surface area contributed by atoms with Crippen LogP contribution in [-0.4, -0.2) is 55.9 Å². The molecule has 1 aliphatic carbocycles. The van der Waals surface area contributed by atoms with Crippen molar-refractivity contribution in [3.63, 3.8) is 0 Å². The number of rotatable bonds is 6. The van der Waals surface area contributed by atoms with Crippen molar-refractivity contribution in [1.29, 1.82) is 0 Å². The van der Waals surface area contributed by atoms with E-state index in [1.807, 2.05) is 38.4 Å². The van der Waals surface area contributed by atoms with Crippen LogP contribution < -0.4 is 16.4 Å². The summed E-state index contributed by atoms with van der Waals surface area (Å²) >= 11 is 0. The molecule has 1 saturated carbocycles. The molecule has 0 unspecified atom stereocenters. The topological polar surface area (TPSA) is 82.8 Å². The summed E-state index contributed by atoms with van der Waals surface area (Å²) in [4.78, 5) is 18.4. The predicted octanol–water partition coefficient (Wildman–Crippen LogP) is 2.08. The summed E-state index contributed by atoms with van der Waals surface area (Å²) in [5.74, 6) is 0.780. The van der Waals surface area contributed by atoms with E-state index in [0.29, 0.717) is 12.1 Å². The van der Waals surface area contributed by atoms with E-state index in [0.717, 1.165) is 31.0 Å². The van der Waals surface area contributed by atoms with E-state index in [1.54, 1.807) is 6.92 Å². The summed E-state index contributed by atoms with van der Waals surface area (Å²) in [5.41, 5.74) is 7.81. The van der Waals surface area contributed by atoms with E-state index < -0.39 is 0 Å². The molecule has 6 nitrogen and oxygen atoms in total. The number of guanidine groups is 1. The Balaban J connectivity index is 2.10. The molecule has 1 aromatic rings. The molecule has 4 N–H and O–H groups in total. The van der Waals surface area contributed by atoms with Crippen molar-refractivity contribution >= 4 is 17.4 Å². The Morgan fingerprint density at radius 3 is 2.76 bits per heavy atom. The first-order valence-corrected chi connectivity index (χ1v) is 9.05. The lowest BCUT2D eigenvalue weighted by molar-refractivity contribution is 0.101. The van der Waals surface area contributed by atoms with Gasteiger partial charge in [0.2, 0.25) is 0 Å². The number of carbonyl (C=O) groups is 1. The number of aliphatic imine (C=N–C) groups is 1. The molecule has 0 bridgehead atoms. The first kappa shape index (κ1) is 19.4. The molecule has 2 atom stereocenters. The Bertz CT molecular complexity index is 599. The molecule has 0 aromatic heterocycles. The number of ketones is 1. The molecule has 1 aromatic carbocycles. The molecule has 0 amide bonds. The third kappa shape index (κ3) is 6.48. The number of nitrogens with one attached hydrogen (secondary N) is 2. The van der Waals surface area contributed by atoms with Gasteiger partial charge in [0.05, 0.1) is 6.54 Å². The molecule has 1 aliphatic rings. The molecule has 0 heterocycles. The van der Waals surface area contributed by atoms with E-state index in [-0.39, 0.29) is 17.9 Å². The van der Waals surface area contributed by atoms with E-state index in [9.17, 15) is 4.79 Å². The Hall–Kier alpha value is -1.92. The summed E-state index contributed by atoms with van der Waals surface area (Å²) in [6.07, 6.45) is 4.49. The third-order valence-corrected chi connectivity index (χ3v) is 4.49. The van der Waals surface area contributed by atoms with Crippen LogP contribution in [0.3, 0.4) is 0 Å². The molecular weight excluding hydrogens is 314 g/mol. The van der Waals surface area contributed by atoms with Crippen LogP contribution in [0.15, 0.2) is 29.3 Å². The second kappa shape index (κ2) is 9.53. The quantitative estimate of drug-likeness (QED) is 0.418. The molecule has 138 valence electrons. The van der Waals surface area contributed by atoms with Crippen LogP contribution >= 0.6 is 0 Å². The standard InChI is InChI=1S/C19H31N5O/c1-14(25)15-7-6-8-16(13-15)22-19(21-11-12-24(2)3)23-18-10-5-4-9-17(18)20/h6-8,13,17-18H,4-5,9-12,20H2,1-3H3,(H2,21,22,23)/t17-,18-/m0/s1. The molecular formula is C19H31N5O. The fourth-order valence-corrected chi connectivity index (χ4v) is 2.95. The van der Waals surface area contributed by atoms with Gasteiger partial charge in [-0.25, -0.2) is 0 Å². The number of hydrogen-bond acceptors (Lipinski definition) is 4. The maximum atomic E-state index is 11.6. The zero-order valence-corrected chi connectivity index (χ0v) is 15.6. The van der Waals surface area contributed by atoms with Gasteiger partial charge in [-0.2, -0.15) is 0 Å². The molecule has 1 fully saturated rings. The zero-order valence-electron chi connectivity index (χ0n) is 15.6. The van der Waals surface area contributed by atoms with Crippen molar-refractivity contribution in [2.45, 2.75) is 44.7 Å². The first-order chi connectivity index (χ1) is 12.0. The summed E-state index contributed by atoms with van der Waals surface area (Å²) in [6.45, 7) is 3.14. The third-order valence-electron chi connectivity index (χ3n) is 4.49. The van der Waals surface area contributed by atoms with Crippen LogP contribution in [0, 0.1) is 0 Å². The Morgan fingerprint density at radius 1 is 1.32 bits per heavy atom. The lowest BCUT2D eigenvalue weighted by Crippen LogP contribution is -2.51. The highest BCUT2D eigenvalue weighted by Gasteiger charge is 2.22. The van der Waals surface area contributed by atoms with Crippen molar-refractivity contribution in [1.82, 2.24) is 10.2 Å². The summed E-state index contributed by atoms with van der Waals surface area (Å²) in [6, 6.07) is 7.88. The van der Waals surface area contributed by atoms with E-state index >= 15 is 0 Å². The normalized spacial score (nSPS) is 21.2. The summed E-state index contributed by atoms with van der Waals surface area (Å²) < 4.78 is 0. The van der Waals surface area contributed by atoms with E-state index in [2.05, 4.69) is 20.5 Å². The number of Topliss-reactive ketones (excluding diaryl/α,β-unsaturated/α-hetero) is 1. The number of carbonyl (C=O) groups excluding carboxylic acids is 1. The van der Waals surface area contributed by atoms with Gasteiger partial charge in [-0.1, -0.05) is 25.0 Å². The first-order valence-electron chi connectivity index (χ1n) is 9.05. The van der Waals surface area contributed by atoms with Crippen LogP contribution in [0.25, 0.3) is 0 Å². The highest BCUT2D eigenvalue weighted by Crippen LogP contribution is 2.17. The number of nitrogens with two attached hydrogens (primary N) is 1. The fourth-order valence-electron chi connectivity index (χ4n) is 2.95. The number of likely N-dealkylation sites (N-methyl/N-ethyl adjacent to an activating group) is 1. The largest absolute Gasteiger partial charge is 0.352 e. The highest BCUT2D eigenvalue weighted by molar-refractivity contribution is 5.98. The van der Waals surface area contributed by atoms with Gasteiger partial charge in [0.15, 0.2) is 11.7 Å². The number of nitrogens with zero attached hydrogens (tertiary/aromatic N) is 2. The van der Waals surface area contributed by atoms with Crippen molar-refractivity contribution in [2.24, 2.45) is 10.7 Å². The van der Waals surface area contributed by atoms with Crippen LogP contribution in [0.2, 0.25) is 0 Å². The molecule has 25 heavy (non-hydrogen) atoms. The van der Waals surface area contributed by atoms with Gasteiger partial charge in [0, 0.05) is 29.9 Å². The number of hydrogen-bond donors (Lipinski definition) is 3. The monoisotopic (exact) mass is 345 g/mol. The minimum atomic E-state index is 0.0528. The van der Waals surface area contributed by atoms with Gasteiger partial charge in [0.1, 0.15) is 0 Å². The second-order valence-corrected chi connectivity index (χ2v) is 6.99. The average molecular weight is 345 g/mol. The number of benzene rings is 1. The van der Waals surface area contributed by atoms with Gasteiger partial charge in [-0.15, -0.1) is 0 Å². The molecule has 2 rings (SSSR count). The van der Waals surface area contributed by atoms with Gasteiger partial charge < -0.3 is 21.3 Å². The SMILES string of the molecule is CC(=O)c1cccc(NC(=NCCN(C)C)N[C@H]2CCCC[C@@H]2N)c1.